The summed E-state index contributed by atoms with van der Waals surface area (Å²) in [5, 5.41) is 6.44. The van der Waals surface area contributed by atoms with Gasteiger partial charge in [-0.25, -0.2) is 4.98 Å². The summed E-state index contributed by atoms with van der Waals surface area (Å²) < 4.78 is 1.13. The molecule has 0 atom stereocenters. The summed E-state index contributed by atoms with van der Waals surface area (Å²) in [5.74, 6) is 0. The first-order chi connectivity index (χ1) is 8.81. The number of nitrogens with zero attached hydrogens (tertiary/aromatic N) is 1. The number of hydrogen-bond acceptors (Lipinski definition) is 5. The standard InChI is InChI=1S/C13H13N3S2/c14-9-3-4-11-12(8-9)18-13(16-11)15-6-5-10-2-1-7-17-10/h1-4,7-8H,5-6,14H2,(H,15,16). The van der Waals surface area contributed by atoms with Crippen LogP contribution in [0.3, 0.4) is 0 Å². The second-order valence-electron chi connectivity index (χ2n) is 4.00. The highest BCUT2D eigenvalue weighted by atomic mass is 32.1. The first-order valence-corrected chi connectivity index (χ1v) is 7.43. The van der Waals surface area contributed by atoms with Crippen LogP contribution in [0.25, 0.3) is 10.2 Å². The van der Waals surface area contributed by atoms with E-state index in [-0.39, 0.29) is 0 Å². The van der Waals surface area contributed by atoms with E-state index < -0.39 is 0 Å². The zero-order chi connectivity index (χ0) is 12.4. The summed E-state index contributed by atoms with van der Waals surface area (Å²) >= 11 is 3.44. The molecule has 2 heterocycles. The van der Waals surface area contributed by atoms with Gasteiger partial charge in [0.15, 0.2) is 5.13 Å². The van der Waals surface area contributed by atoms with Crippen molar-refractivity contribution in [3.05, 3.63) is 40.6 Å². The lowest BCUT2D eigenvalue weighted by molar-refractivity contribution is 1.04. The van der Waals surface area contributed by atoms with Gasteiger partial charge in [-0.3, -0.25) is 0 Å². The third kappa shape index (κ3) is 2.47. The smallest absolute Gasteiger partial charge is 0.183 e. The van der Waals surface area contributed by atoms with Crippen molar-refractivity contribution in [2.75, 3.05) is 17.6 Å². The minimum Gasteiger partial charge on any atom is -0.399 e. The van der Waals surface area contributed by atoms with Gasteiger partial charge >= 0.3 is 0 Å². The van der Waals surface area contributed by atoms with E-state index in [1.807, 2.05) is 18.2 Å². The molecule has 2 aromatic heterocycles. The van der Waals surface area contributed by atoms with Crippen molar-refractivity contribution >= 4 is 43.7 Å². The maximum absolute atomic E-state index is 5.76. The number of nitrogens with two attached hydrogens (primary N) is 1. The van der Waals surface area contributed by atoms with Gasteiger partial charge in [-0.05, 0) is 36.1 Å². The highest BCUT2D eigenvalue weighted by Gasteiger charge is 2.03. The van der Waals surface area contributed by atoms with Crippen molar-refractivity contribution < 1.29 is 0 Å². The molecule has 3 aromatic rings. The van der Waals surface area contributed by atoms with Crippen molar-refractivity contribution in [1.82, 2.24) is 4.98 Å². The zero-order valence-electron chi connectivity index (χ0n) is 9.72. The van der Waals surface area contributed by atoms with Crippen molar-refractivity contribution in [2.45, 2.75) is 6.42 Å². The molecule has 3 rings (SSSR count). The van der Waals surface area contributed by atoms with Crippen molar-refractivity contribution in [1.29, 1.82) is 0 Å². The highest BCUT2D eigenvalue weighted by Crippen LogP contribution is 2.27. The third-order valence-electron chi connectivity index (χ3n) is 2.64. The van der Waals surface area contributed by atoms with Crippen molar-refractivity contribution in [2.24, 2.45) is 0 Å². The second kappa shape index (κ2) is 4.96. The number of aromatic nitrogens is 1. The number of hydrogen-bond donors (Lipinski definition) is 2. The fraction of sp³-hybridized carbons (Fsp3) is 0.154. The molecule has 3 nitrogen and oxygen atoms in total. The lowest BCUT2D eigenvalue weighted by Crippen LogP contribution is -2.03. The van der Waals surface area contributed by atoms with Crippen LogP contribution in [-0.2, 0) is 6.42 Å². The van der Waals surface area contributed by atoms with Gasteiger partial charge in [0.25, 0.3) is 0 Å². The van der Waals surface area contributed by atoms with Gasteiger partial charge in [0.05, 0.1) is 10.2 Å². The molecule has 0 bridgehead atoms. The summed E-state index contributed by atoms with van der Waals surface area (Å²) in [6, 6.07) is 10.1. The molecular weight excluding hydrogens is 262 g/mol. The minimum absolute atomic E-state index is 0.788. The monoisotopic (exact) mass is 275 g/mol. The summed E-state index contributed by atoms with van der Waals surface area (Å²) in [4.78, 5) is 5.92. The molecule has 0 saturated carbocycles. The lowest BCUT2D eigenvalue weighted by atomic mass is 10.3. The van der Waals surface area contributed by atoms with Crippen LogP contribution < -0.4 is 11.1 Å². The molecule has 1 aromatic carbocycles. The highest BCUT2D eigenvalue weighted by molar-refractivity contribution is 7.22. The number of thiazole rings is 1. The van der Waals surface area contributed by atoms with Crippen molar-refractivity contribution in [3.8, 4) is 0 Å². The quantitative estimate of drug-likeness (QED) is 0.715. The van der Waals surface area contributed by atoms with E-state index in [0.717, 1.165) is 34.0 Å². The number of fused-ring (bicyclic) bond motifs is 1. The van der Waals surface area contributed by atoms with Crippen LogP contribution >= 0.6 is 22.7 Å². The average molecular weight is 275 g/mol. The average Bonchev–Trinajstić information content (AvgIpc) is 2.97. The summed E-state index contributed by atoms with van der Waals surface area (Å²) in [6.45, 7) is 0.913. The Bertz CT molecular complexity index is 643. The van der Waals surface area contributed by atoms with Crippen LogP contribution in [0.5, 0.6) is 0 Å². The van der Waals surface area contributed by atoms with E-state index in [9.17, 15) is 0 Å². The predicted octanol–water partition coefficient (Wildman–Crippen LogP) is 3.59. The van der Waals surface area contributed by atoms with Crippen molar-refractivity contribution in [3.63, 3.8) is 0 Å². The Morgan fingerprint density at radius 3 is 3.06 bits per heavy atom. The molecule has 0 fully saturated rings. The molecule has 0 saturated heterocycles. The van der Waals surface area contributed by atoms with E-state index in [4.69, 9.17) is 5.73 Å². The largest absolute Gasteiger partial charge is 0.399 e. The number of nitrogen functional groups attached to an aromatic ring is 1. The van der Waals surface area contributed by atoms with Crippen LogP contribution in [0.2, 0.25) is 0 Å². The number of rotatable bonds is 4. The first-order valence-electron chi connectivity index (χ1n) is 5.73. The normalized spacial score (nSPS) is 10.9. The molecule has 3 N–H and O–H groups in total. The fourth-order valence-electron chi connectivity index (χ4n) is 1.76. The van der Waals surface area contributed by atoms with E-state index in [2.05, 4.69) is 27.8 Å². The molecule has 0 amide bonds. The Morgan fingerprint density at radius 2 is 2.22 bits per heavy atom. The van der Waals surface area contributed by atoms with Gasteiger partial charge in [0.2, 0.25) is 0 Å². The predicted molar refractivity (Wildman–Crippen MR) is 80.5 cm³/mol. The van der Waals surface area contributed by atoms with Gasteiger partial charge in [-0.2, -0.15) is 0 Å². The Labute approximate surface area is 113 Å². The molecule has 0 spiro atoms. The van der Waals surface area contributed by atoms with Gasteiger partial charge in [-0.15, -0.1) is 11.3 Å². The first kappa shape index (κ1) is 11.5. The Balaban J connectivity index is 1.67. The van der Waals surface area contributed by atoms with Gasteiger partial charge in [0.1, 0.15) is 0 Å². The molecular formula is C13H13N3S2. The molecule has 0 aliphatic carbocycles. The van der Waals surface area contributed by atoms with Crippen LogP contribution in [0.15, 0.2) is 35.7 Å². The summed E-state index contributed by atoms with van der Waals surface area (Å²) in [7, 11) is 0. The number of nitrogens with one attached hydrogen (secondary N) is 1. The van der Waals surface area contributed by atoms with Gasteiger partial charge < -0.3 is 11.1 Å². The fourth-order valence-corrected chi connectivity index (χ4v) is 3.41. The molecule has 0 aliphatic heterocycles. The topological polar surface area (TPSA) is 50.9 Å². The van der Waals surface area contributed by atoms with E-state index >= 15 is 0 Å². The molecule has 18 heavy (non-hydrogen) atoms. The van der Waals surface area contributed by atoms with Crippen LogP contribution in [0.4, 0.5) is 10.8 Å². The number of anilines is 2. The molecule has 0 unspecified atom stereocenters. The van der Waals surface area contributed by atoms with Gasteiger partial charge in [0, 0.05) is 17.1 Å². The lowest BCUT2D eigenvalue weighted by Gasteiger charge is -1.99. The number of thiophene rings is 1. The molecule has 0 radical (unpaired) electrons. The molecule has 0 aliphatic rings. The minimum atomic E-state index is 0.788. The van der Waals surface area contributed by atoms with Crippen LogP contribution in [0.1, 0.15) is 4.88 Å². The van der Waals surface area contributed by atoms with Gasteiger partial charge in [-0.1, -0.05) is 17.4 Å². The number of benzene rings is 1. The summed E-state index contributed by atoms with van der Waals surface area (Å²) in [6.07, 6.45) is 1.04. The van der Waals surface area contributed by atoms with Crippen LogP contribution in [0, 0.1) is 0 Å². The maximum atomic E-state index is 5.76. The second-order valence-corrected chi connectivity index (χ2v) is 6.07. The van der Waals surface area contributed by atoms with E-state index in [1.165, 1.54) is 4.88 Å². The SMILES string of the molecule is Nc1ccc2nc(NCCc3cccs3)sc2c1. The zero-order valence-corrected chi connectivity index (χ0v) is 11.4. The van der Waals surface area contributed by atoms with E-state index in [1.54, 1.807) is 22.7 Å². The maximum Gasteiger partial charge on any atom is 0.183 e. The molecule has 92 valence electrons. The third-order valence-corrected chi connectivity index (χ3v) is 4.55. The Morgan fingerprint density at radius 1 is 1.28 bits per heavy atom. The Hall–Kier alpha value is -1.59. The van der Waals surface area contributed by atoms with Crippen LogP contribution in [-0.4, -0.2) is 11.5 Å². The van der Waals surface area contributed by atoms with E-state index in [0.29, 0.717) is 0 Å². The summed E-state index contributed by atoms with van der Waals surface area (Å²) in [5.41, 5.74) is 7.55. The Kier molecular flexibility index (Phi) is 3.17. The molecule has 5 heteroatoms.